The maximum atomic E-state index is 11.8. The summed E-state index contributed by atoms with van der Waals surface area (Å²) in [5.74, 6) is -1.29. The number of hydrogen-bond donors (Lipinski definition) is 2. The molecule has 7 nitrogen and oxygen atoms in total. The predicted molar refractivity (Wildman–Crippen MR) is 81.0 cm³/mol. The number of esters is 1. The van der Waals surface area contributed by atoms with Gasteiger partial charge < -0.3 is 10.1 Å². The molecule has 0 bridgehead atoms. The highest BCUT2D eigenvalue weighted by atomic mass is 35.5. The van der Waals surface area contributed by atoms with E-state index in [-0.39, 0.29) is 21.5 Å². The number of nitrogens with two attached hydrogens (primary N) is 1. The Labute approximate surface area is 133 Å². The molecule has 122 valence electrons. The number of nitrogens with one attached hydrogen (secondary N) is 1. The van der Waals surface area contributed by atoms with Crippen molar-refractivity contribution in [1.29, 1.82) is 0 Å². The number of carbonyl (C=O) groups excluding carboxylic acids is 2. The van der Waals surface area contributed by atoms with E-state index in [1.54, 1.807) is 0 Å². The summed E-state index contributed by atoms with van der Waals surface area (Å²) in [7, 11) is -4.06. The Kier molecular flexibility index (Phi) is 6.34. The zero-order chi connectivity index (χ0) is 16.9. The van der Waals surface area contributed by atoms with E-state index >= 15 is 0 Å². The van der Waals surface area contributed by atoms with Gasteiger partial charge in [0.1, 0.15) is 4.90 Å². The SMILES string of the molecule is CC[C@H](C)NC(=O)COC(=O)c1ccc(Cl)c(S(N)(=O)=O)c1. The van der Waals surface area contributed by atoms with Crippen molar-refractivity contribution in [2.45, 2.75) is 31.2 Å². The summed E-state index contributed by atoms with van der Waals surface area (Å²) in [4.78, 5) is 22.9. The van der Waals surface area contributed by atoms with Crippen LogP contribution in [0.5, 0.6) is 0 Å². The van der Waals surface area contributed by atoms with Gasteiger partial charge in [0.05, 0.1) is 10.6 Å². The number of halogens is 1. The van der Waals surface area contributed by atoms with Crippen LogP contribution in [0.25, 0.3) is 0 Å². The number of amides is 1. The van der Waals surface area contributed by atoms with Crippen molar-refractivity contribution in [1.82, 2.24) is 5.32 Å². The maximum absolute atomic E-state index is 11.8. The molecule has 0 radical (unpaired) electrons. The largest absolute Gasteiger partial charge is 0.452 e. The molecule has 0 unspecified atom stereocenters. The Bertz CT molecular complexity index is 675. The Balaban J connectivity index is 2.77. The van der Waals surface area contributed by atoms with Crippen LogP contribution < -0.4 is 10.5 Å². The molecular weight excluding hydrogens is 332 g/mol. The van der Waals surface area contributed by atoms with E-state index < -0.39 is 28.5 Å². The van der Waals surface area contributed by atoms with Gasteiger partial charge in [0.25, 0.3) is 5.91 Å². The fourth-order valence-electron chi connectivity index (χ4n) is 1.48. The quantitative estimate of drug-likeness (QED) is 0.746. The van der Waals surface area contributed by atoms with Crippen LogP contribution in [0.3, 0.4) is 0 Å². The lowest BCUT2D eigenvalue weighted by Crippen LogP contribution is -2.35. The van der Waals surface area contributed by atoms with E-state index in [9.17, 15) is 18.0 Å². The Hall–Kier alpha value is -1.64. The number of hydrogen-bond acceptors (Lipinski definition) is 5. The van der Waals surface area contributed by atoms with Crippen LogP contribution in [0.2, 0.25) is 5.02 Å². The highest BCUT2D eigenvalue weighted by Gasteiger charge is 2.18. The molecule has 0 aliphatic rings. The summed E-state index contributed by atoms with van der Waals surface area (Å²) in [5.41, 5.74) is -0.0650. The number of rotatable bonds is 6. The number of benzene rings is 1. The lowest BCUT2D eigenvalue weighted by molar-refractivity contribution is -0.124. The van der Waals surface area contributed by atoms with Gasteiger partial charge in [-0.15, -0.1) is 0 Å². The Morgan fingerprint density at radius 1 is 1.41 bits per heavy atom. The van der Waals surface area contributed by atoms with Crippen LogP contribution in [0.4, 0.5) is 0 Å². The molecule has 1 aromatic carbocycles. The molecule has 0 saturated carbocycles. The second-order valence-corrected chi connectivity index (χ2v) is 6.58. The third-order valence-corrected chi connectivity index (χ3v) is 4.22. The summed E-state index contributed by atoms with van der Waals surface area (Å²) >= 11 is 5.71. The van der Waals surface area contributed by atoms with Gasteiger partial charge >= 0.3 is 5.97 Å². The summed E-state index contributed by atoms with van der Waals surface area (Å²) in [6.07, 6.45) is 0.745. The van der Waals surface area contributed by atoms with Gasteiger partial charge in [-0.25, -0.2) is 18.4 Å². The average Bonchev–Trinajstić information content (AvgIpc) is 2.43. The molecule has 0 spiro atoms. The van der Waals surface area contributed by atoms with Gasteiger partial charge in [0.15, 0.2) is 6.61 Å². The highest BCUT2D eigenvalue weighted by molar-refractivity contribution is 7.89. The minimum Gasteiger partial charge on any atom is -0.452 e. The minimum atomic E-state index is -4.06. The van der Waals surface area contributed by atoms with E-state index in [0.29, 0.717) is 0 Å². The highest BCUT2D eigenvalue weighted by Crippen LogP contribution is 2.21. The first kappa shape index (κ1) is 18.4. The van der Waals surface area contributed by atoms with E-state index in [0.717, 1.165) is 12.5 Å². The van der Waals surface area contributed by atoms with Gasteiger partial charge in [0.2, 0.25) is 10.0 Å². The van der Waals surface area contributed by atoms with Gasteiger partial charge in [-0.05, 0) is 31.5 Å². The van der Waals surface area contributed by atoms with Crippen LogP contribution >= 0.6 is 11.6 Å². The van der Waals surface area contributed by atoms with Crippen LogP contribution in [0, 0.1) is 0 Å². The van der Waals surface area contributed by atoms with E-state index in [2.05, 4.69) is 5.32 Å². The normalized spacial score (nSPS) is 12.5. The zero-order valence-corrected chi connectivity index (χ0v) is 13.7. The first-order valence-electron chi connectivity index (χ1n) is 6.44. The van der Waals surface area contributed by atoms with Gasteiger partial charge in [-0.3, -0.25) is 4.79 Å². The fraction of sp³-hybridized carbons (Fsp3) is 0.385. The predicted octanol–water partition coefficient (Wildman–Crippen LogP) is 1.06. The number of sulfonamides is 1. The van der Waals surface area contributed by atoms with Gasteiger partial charge in [-0.1, -0.05) is 18.5 Å². The monoisotopic (exact) mass is 348 g/mol. The molecule has 1 amide bonds. The molecule has 1 atom stereocenters. The van der Waals surface area contributed by atoms with E-state index in [4.69, 9.17) is 21.5 Å². The molecule has 1 rings (SSSR count). The number of carbonyl (C=O) groups is 2. The van der Waals surface area contributed by atoms with Crippen LogP contribution in [0.1, 0.15) is 30.6 Å². The van der Waals surface area contributed by atoms with Crippen molar-refractivity contribution in [3.8, 4) is 0 Å². The molecule has 0 aliphatic heterocycles. The summed E-state index contributed by atoms with van der Waals surface area (Å²) < 4.78 is 27.5. The first-order chi connectivity index (χ1) is 10.1. The van der Waals surface area contributed by atoms with Crippen molar-refractivity contribution in [2.24, 2.45) is 5.14 Å². The van der Waals surface area contributed by atoms with Crippen LogP contribution in [-0.2, 0) is 19.6 Å². The molecule has 3 N–H and O–H groups in total. The standard InChI is InChI=1S/C13H17ClN2O5S/c1-3-8(2)16-12(17)7-21-13(18)9-4-5-10(14)11(6-9)22(15,19)20/h4-6,8H,3,7H2,1-2H3,(H,16,17)(H2,15,19,20)/t8-/m0/s1. The minimum absolute atomic E-state index is 0.0317. The summed E-state index contributed by atoms with van der Waals surface area (Å²) in [5, 5.41) is 7.52. The smallest absolute Gasteiger partial charge is 0.338 e. The molecule has 22 heavy (non-hydrogen) atoms. The Morgan fingerprint density at radius 3 is 2.59 bits per heavy atom. The lowest BCUT2D eigenvalue weighted by Gasteiger charge is -2.11. The fourth-order valence-corrected chi connectivity index (χ4v) is 2.55. The van der Waals surface area contributed by atoms with Crippen molar-refractivity contribution < 1.29 is 22.7 Å². The van der Waals surface area contributed by atoms with Crippen molar-refractivity contribution in [3.05, 3.63) is 28.8 Å². The molecule has 1 aromatic rings. The first-order valence-corrected chi connectivity index (χ1v) is 8.36. The van der Waals surface area contributed by atoms with Crippen LogP contribution in [0.15, 0.2) is 23.1 Å². The van der Waals surface area contributed by atoms with E-state index in [1.165, 1.54) is 12.1 Å². The topological polar surface area (TPSA) is 116 Å². The molecule has 9 heteroatoms. The second kappa shape index (κ2) is 7.57. The van der Waals surface area contributed by atoms with Crippen molar-refractivity contribution in [2.75, 3.05) is 6.61 Å². The molecule has 0 aliphatic carbocycles. The van der Waals surface area contributed by atoms with E-state index in [1.807, 2.05) is 13.8 Å². The number of ether oxygens (including phenoxy) is 1. The molecule has 0 fully saturated rings. The van der Waals surface area contributed by atoms with Crippen LogP contribution in [-0.4, -0.2) is 32.9 Å². The lowest BCUT2D eigenvalue weighted by atomic mass is 10.2. The molecular formula is C13H17ClN2O5S. The second-order valence-electron chi connectivity index (χ2n) is 4.64. The number of primary sulfonamides is 1. The third-order valence-electron chi connectivity index (χ3n) is 2.83. The third kappa shape index (κ3) is 5.28. The van der Waals surface area contributed by atoms with Crippen molar-refractivity contribution in [3.63, 3.8) is 0 Å². The zero-order valence-electron chi connectivity index (χ0n) is 12.1. The van der Waals surface area contributed by atoms with Crippen molar-refractivity contribution >= 4 is 33.5 Å². The maximum Gasteiger partial charge on any atom is 0.338 e. The average molecular weight is 349 g/mol. The summed E-state index contributed by atoms with van der Waals surface area (Å²) in [6, 6.07) is 3.48. The Morgan fingerprint density at radius 2 is 2.05 bits per heavy atom. The molecule has 0 saturated heterocycles. The summed E-state index contributed by atoms with van der Waals surface area (Å²) in [6.45, 7) is 3.26. The van der Waals surface area contributed by atoms with Gasteiger partial charge in [0, 0.05) is 6.04 Å². The molecule has 0 heterocycles. The molecule has 0 aromatic heterocycles. The van der Waals surface area contributed by atoms with Gasteiger partial charge in [-0.2, -0.15) is 0 Å².